The van der Waals surface area contributed by atoms with E-state index in [0.717, 1.165) is 32.2 Å². The first-order valence-corrected chi connectivity index (χ1v) is 8.14. The van der Waals surface area contributed by atoms with Gasteiger partial charge in [-0.25, -0.2) is 0 Å². The van der Waals surface area contributed by atoms with Crippen LogP contribution >= 0.6 is 0 Å². The van der Waals surface area contributed by atoms with Crippen molar-refractivity contribution in [2.24, 2.45) is 0 Å². The van der Waals surface area contributed by atoms with Crippen LogP contribution < -0.4 is 0 Å². The van der Waals surface area contributed by atoms with E-state index in [1.165, 1.54) is 12.4 Å². The SMILES string of the molecule is C=CCN1C(=O)CCCC12CCCN(C(=O)c1ccnnc1)C2. The number of rotatable bonds is 3. The van der Waals surface area contributed by atoms with Crippen molar-refractivity contribution in [1.29, 1.82) is 0 Å². The molecule has 1 spiro atoms. The molecule has 2 amide bonds. The highest BCUT2D eigenvalue weighted by Crippen LogP contribution is 2.37. The number of likely N-dealkylation sites (tertiary alicyclic amines) is 2. The van der Waals surface area contributed by atoms with Crippen molar-refractivity contribution >= 4 is 11.8 Å². The zero-order chi connectivity index (χ0) is 16.3. The van der Waals surface area contributed by atoms with E-state index in [2.05, 4.69) is 16.8 Å². The maximum atomic E-state index is 12.7. The molecule has 1 aromatic rings. The molecule has 1 atom stereocenters. The number of aromatic nitrogens is 2. The van der Waals surface area contributed by atoms with E-state index in [-0.39, 0.29) is 17.4 Å². The van der Waals surface area contributed by atoms with Gasteiger partial charge in [0.05, 0.1) is 23.5 Å². The Morgan fingerprint density at radius 3 is 2.91 bits per heavy atom. The van der Waals surface area contributed by atoms with Gasteiger partial charge in [0.25, 0.3) is 5.91 Å². The van der Waals surface area contributed by atoms with E-state index in [4.69, 9.17) is 0 Å². The zero-order valence-corrected chi connectivity index (χ0v) is 13.3. The summed E-state index contributed by atoms with van der Waals surface area (Å²) in [6.07, 6.45) is 9.10. The lowest BCUT2D eigenvalue weighted by Crippen LogP contribution is -2.63. The van der Waals surface area contributed by atoms with Crippen LogP contribution in [0.2, 0.25) is 0 Å². The normalized spacial score (nSPS) is 24.8. The molecule has 0 saturated carbocycles. The second-order valence-corrected chi connectivity index (χ2v) is 6.33. The Labute approximate surface area is 136 Å². The average molecular weight is 314 g/mol. The molecule has 2 saturated heterocycles. The summed E-state index contributed by atoms with van der Waals surface area (Å²) < 4.78 is 0. The number of piperidine rings is 2. The molecule has 2 aliphatic heterocycles. The van der Waals surface area contributed by atoms with Gasteiger partial charge in [0, 0.05) is 26.1 Å². The standard InChI is InChI=1S/C17H22N4O2/c1-2-10-21-15(22)5-3-7-17(21)8-4-11-20(13-17)16(23)14-6-9-18-19-12-14/h2,6,9,12H,1,3-5,7-8,10-11,13H2. The summed E-state index contributed by atoms with van der Waals surface area (Å²) in [7, 11) is 0. The Morgan fingerprint density at radius 2 is 2.17 bits per heavy atom. The van der Waals surface area contributed by atoms with Crippen molar-refractivity contribution in [3.63, 3.8) is 0 Å². The topological polar surface area (TPSA) is 66.4 Å². The van der Waals surface area contributed by atoms with Crippen LogP contribution in [0.4, 0.5) is 0 Å². The molecule has 122 valence electrons. The predicted octanol–water partition coefficient (Wildman–Crippen LogP) is 1.65. The first-order valence-electron chi connectivity index (χ1n) is 8.14. The highest BCUT2D eigenvalue weighted by atomic mass is 16.2. The molecule has 0 aromatic carbocycles. The van der Waals surface area contributed by atoms with E-state index in [1.807, 2.05) is 9.80 Å². The number of carbonyl (C=O) groups excluding carboxylic acids is 2. The first kappa shape index (κ1) is 15.6. The minimum Gasteiger partial charge on any atom is -0.336 e. The van der Waals surface area contributed by atoms with E-state index in [9.17, 15) is 9.59 Å². The van der Waals surface area contributed by atoms with Crippen LogP contribution in [-0.4, -0.2) is 57.0 Å². The van der Waals surface area contributed by atoms with Gasteiger partial charge in [-0.15, -0.1) is 6.58 Å². The quantitative estimate of drug-likeness (QED) is 0.796. The molecule has 2 fully saturated rings. The molecular weight excluding hydrogens is 292 g/mol. The second-order valence-electron chi connectivity index (χ2n) is 6.33. The Hall–Kier alpha value is -2.24. The Kier molecular flexibility index (Phi) is 4.41. The molecule has 1 aromatic heterocycles. The lowest BCUT2D eigenvalue weighted by Gasteiger charge is -2.51. The Balaban J connectivity index is 1.82. The Morgan fingerprint density at radius 1 is 1.35 bits per heavy atom. The van der Waals surface area contributed by atoms with Crippen molar-refractivity contribution in [1.82, 2.24) is 20.0 Å². The summed E-state index contributed by atoms with van der Waals surface area (Å²) in [5.41, 5.74) is 0.312. The maximum Gasteiger partial charge on any atom is 0.255 e. The van der Waals surface area contributed by atoms with Gasteiger partial charge < -0.3 is 9.80 Å². The first-order chi connectivity index (χ1) is 11.2. The summed E-state index contributed by atoms with van der Waals surface area (Å²) in [6, 6.07) is 1.68. The van der Waals surface area contributed by atoms with E-state index in [0.29, 0.717) is 25.1 Å². The van der Waals surface area contributed by atoms with Crippen LogP contribution in [0, 0.1) is 0 Å². The van der Waals surface area contributed by atoms with Gasteiger partial charge in [0.15, 0.2) is 0 Å². The fourth-order valence-electron chi connectivity index (χ4n) is 3.84. The molecule has 6 nitrogen and oxygen atoms in total. The molecule has 3 heterocycles. The van der Waals surface area contributed by atoms with Crippen LogP contribution in [0.1, 0.15) is 42.5 Å². The average Bonchev–Trinajstić information content (AvgIpc) is 2.59. The van der Waals surface area contributed by atoms with Crippen molar-refractivity contribution in [2.75, 3.05) is 19.6 Å². The van der Waals surface area contributed by atoms with Gasteiger partial charge in [0.2, 0.25) is 5.91 Å². The van der Waals surface area contributed by atoms with Crippen LogP contribution in [-0.2, 0) is 4.79 Å². The third-order valence-corrected chi connectivity index (χ3v) is 4.89. The van der Waals surface area contributed by atoms with Crippen molar-refractivity contribution < 1.29 is 9.59 Å². The third-order valence-electron chi connectivity index (χ3n) is 4.89. The molecule has 0 bridgehead atoms. The van der Waals surface area contributed by atoms with Gasteiger partial charge >= 0.3 is 0 Å². The van der Waals surface area contributed by atoms with Gasteiger partial charge in [-0.3, -0.25) is 9.59 Å². The van der Waals surface area contributed by atoms with Gasteiger partial charge in [0.1, 0.15) is 0 Å². The lowest BCUT2D eigenvalue weighted by molar-refractivity contribution is -0.143. The number of carbonyl (C=O) groups is 2. The minimum absolute atomic E-state index is 0.0319. The smallest absolute Gasteiger partial charge is 0.255 e. The molecule has 0 radical (unpaired) electrons. The van der Waals surface area contributed by atoms with Crippen LogP contribution in [0.25, 0.3) is 0 Å². The van der Waals surface area contributed by atoms with E-state index < -0.39 is 0 Å². The molecule has 0 aliphatic carbocycles. The highest BCUT2D eigenvalue weighted by molar-refractivity contribution is 5.94. The zero-order valence-electron chi connectivity index (χ0n) is 13.3. The molecule has 1 unspecified atom stereocenters. The maximum absolute atomic E-state index is 12.7. The third kappa shape index (κ3) is 2.98. The number of hydrogen-bond acceptors (Lipinski definition) is 4. The lowest BCUT2D eigenvalue weighted by atomic mass is 9.79. The fourth-order valence-corrected chi connectivity index (χ4v) is 3.84. The van der Waals surface area contributed by atoms with Gasteiger partial charge in [-0.1, -0.05) is 6.08 Å². The van der Waals surface area contributed by atoms with E-state index >= 15 is 0 Å². The summed E-state index contributed by atoms with van der Waals surface area (Å²) in [6.45, 7) is 5.64. The summed E-state index contributed by atoms with van der Waals surface area (Å²) in [5, 5.41) is 7.50. The fraction of sp³-hybridized carbons (Fsp3) is 0.529. The molecular formula is C17H22N4O2. The molecule has 23 heavy (non-hydrogen) atoms. The molecule has 6 heteroatoms. The summed E-state index contributed by atoms with van der Waals surface area (Å²) in [5.74, 6) is 0.145. The molecule has 2 aliphatic rings. The van der Waals surface area contributed by atoms with Crippen LogP contribution in [0.15, 0.2) is 31.1 Å². The van der Waals surface area contributed by atoms with Crippen LogP contribution in [0.5, 0.6) is 0 Å². The van der Waals surface area contributed by atoms with Crippen molar-refractivity contribution in [2.45, 2.75) is 37.6 Å². The molecule has 0 N–H and O–H groups in total. The monoisotopic (exact) mass is 314 g/mol. The number of hydrogen-bond donors (Lipinski definition) is 0. The van der Waals surface area contributed by atoms with Crippen LogP contribution in [0.3, 0.4) is 0 Å². The predicted molar refractivity (Wildman–Crippen MR) is 85.7 cm³/mol. The highest BCUT2D eigenvalue weighted by Gasteiger charge is 2.45. The van der Waals surface area contributed by atoms with Gasteiger partial charge in [-0.05, 0) is 31.7 Å². The van der Waals surface area contributed by atoms with Crippen molar-refractivity contribution in [3.8, 4) is 0 Å². The largest absolute Gasteiger partial charge is 0.336 e. The van der Waals surface area contributed by atoms with Gasteiger partial charge in [-0.2, -0.15) is 10.2 Å². The summed E-state index contributed by atoms with van der Waals surface area (Å²) >= 11 is 0. The summed E-state index contributed by atoms with van der Waals surface area (Å²) in [4.78, 5) is 28.9. The van der Waals surface area contributed by atoms with E-state index in [1.54, 1.807) is 12.1 Å². The Bertz CT molecular complexity index is 600. The minimum atomic E-state index is -0.238. The second kappa shape index (κ2) is 6.48. The number of nitrogens with zero attached hydrogens (tertiary/aromatic N) is 4. The molecule has 3 rings (SSSR count). The number of amides is 2. The van der Waals surface area contributed by atoms with Crippen molar-refractivity contribution in [3.05, 3.63) is 36.7 Å².